The number of hydrogen-bond donors (Lipinski definition) is 3. The highest BCUT2D eigenvalue weighted by Gasteiger charge is 2.11. The summed E-state index contributed by atoms with van der Waals surface area (Å²) in [5.41, 5.74) is 6.26. The number of rotatable bonds is 7. The number of carbonyl (C=O) groups is 2. The average Bonchev–Trinajstić information content (AvgIpc) is 3.09. The Kier molecular flexibility index (Phi) is 6.05. The van der Waals surface area contributed by atoms with Gasteiger partial charge in [-0.25, -0.2) is 4.98 Å². The molecule has 0 bridgehead atoms. The van der Waals surface area contributed by atoms with Crippen molar-refractivity contribution in [1.29, 1.82) is 0 Å². The lowest BCUT2D eigenvalue weighted by Gasteiger charge is -2.06. The number of aromatic nitrogens is 1. The Balaban J connectivity index is 1.81. The Morgan fingerprint density at radius 3 is 2.91 bits per heavy atom. The lowest BCUT2D eigenvalue weighted by atomic mass is 10.2. The number of thiophene rings is 1. The van der Waals surface area contributed by atoms with E-state index in [0.29, 0.717) is 22.2 Å². The predicted octanol–water partition coefficient (Wildman–Crippen LogP) is 1.85. The summed E-state index contributed by atoms with van der Waals surface area (Å²) in [4.78, 5) is 28.5. The molecule has 0 fully saturated rings. The van der Waals surface area contributed by atoms with Crippen LogP contribution in [-0.4, -0.2) is 29.4 Å². The molecule has 2 rings (SSSR count). The summed E-state index contributed by atoms with van der Waals surface area (Å²) in [6.07, 6.45) is 0.940. The summed E-state index contributed by atoms with van der Waals surface area (Å²) in [6, 6.07) is 3.64. The largest absolute Gasteiger partial charge is 0.356 e. The van der Waals surface area contributed by atoms with Crippen LogP contribution in [-0.2, 0) is 11.2 Å². The van der Waals surface area contributed by atoms with Gasteiger partial charge >= 0.3 is 0 Å². The third kappa shape index (κ3) is 5.21. The Morgan fingerprint density at radius 1 is 1.41 bits per heavy atom. The van der Waals surface area contributed by atoms with Gasteiger partial charge in [-0.2, -0.15) is 0 Å². The van der Waals surface area contributed by atoms with Crippen molar-refractivity contribution in [2.75, 3.05) is 11.9 Å². The first-order valence-corrected chi connectivity index (χ1v) is 8.62. The highest BCUT2D eigenvalue weighted by Crippen LogP contribution is 2.18. The number of amides is 2. The number of nitrogens with two attached hydrogens (primary N) is 1. The first kappa shape index (κ1) is 16.6. The van der Waals surface area contributed by atoms with Crippen molar-refractivity contribution in [3.8, 4) is 0 Å². The van der Waals surface area contributed by atoms with Crippen LogP contribution in [0, 0.1) is 0 Å². The fourth-order valence-corrected chi connectivity index (χ4v) is 3.00. The van der Waals surface area contributed by atoms with Crippen LogP contribution in [0.25, 0.3) is 0 Å². The van der Waals surface area contributed by atoms with Crippen molar-refractivity contribution in [3.63, 3.8) is 0 Å². The summed E-state index contributed by atoms with van der Waals surface area (Å²) in [7, 11) is 0. The molecular weight excluding hydrogens is 320 g/mol. The molecule has 0 aliphatic rings. The zero-order chi connectivity index (χ0) is 15.9. The quantitative estimate of drug-likeness (QED) is 0.718. The second-order valence-electron chi connectivity index (χ2n) is 4.87. The molecule has 0 aliphatic heterocycles. The fourth-order valence-electron chi connectivity index (χ4n) is 1.68. The zero-order valence-electron chi connectivity index (χ0n) is 12.2. The van der Waals surface area contributed by atoms with Gasteiger partial charge in [0.2, 0.25) is 5.91 Å². The summed E-state index contributed by atoms with van der Waals surface area (Å²) in [5.74, 6) is -0.278. The minimum Gasteiger partial charge on any atom is -0.356 e. The molecule has 2 aromatic rings. The van der Waals surface area contributed by atoms with Crippen molar-refractivity contribution in [2.45, 2.75) is 25.8 Å². The molecule has 0 aliphatic carbocycles. The van der Waals surface area contributed by atoms with Gasteiger partial charge in [-0.3, -0.25) is 14.9 Å². The molecule has 2 aromatic heterocycles. The van der Waals surface area contributed by atoms with Crippen LogP contribution in [0.3, 0.4) is 0 Å². The van der Waals surface area contributed by atoms with E-state index in [2.05, 4.69) is 15.6 Å². The van der Waals surface area contributed by atoms with E-state index in [9.17, 15) is 9.59 Å². The van der Waals surface area contributed by atoms with Crippen LogP contribution in [0.4, 0.5) is 5.13 Å². The standard InChI is InChI=1S/C14H18N4O2S2/c1-9(15)4-5-16-12(19)7-10-8-22-14(17-10)18-13(20)11-3-2-6-21-11/h2-3,6,8-9H,4-5,7,15H2,1H3,(H,16,19)(H,17,18,20). The van der Waals surface area contributed by atoms with E-state index in [1.54, 1.807) is 11.4 Å². The molecule has 0 saturated carbocycles. The number of nitrogens with zero attached hydrogens (tertiary/aromatic N) is 1. The molecule has 4 N–H and O–H groups in total. The van der Waals surface area contributed by atoms with Gasteiger partial charge in [0.1, 0.15) is 0 Å². The number of anilines is 1. The van der Waals surface area contributed by atoms with E-state index in [1.165, 1.54) is 22.7 Å². The van der Waals surface area contributed by atoms with Crippen LogP contribution < -0.4 is 16.4 Å². The van der Waals surface area contributed by atoms with Gasteiger partial charge in [-0.05, 0) is 24.8 Å². The smallest absolute Gasteiger partial charge is 0.267 e. The number of carbonyl (C=O) groups excluding carboxylic acids is 2. The monoisotopic (exact) mass is 338 g/mol. The molecule has 1 unspecified atom stereocenters. The van der Waals surface area contributed by atoms with Crippen LogP contribution in [0.5, 0.6) is 0 Å². The van der Waals surface area contributed by atoms with Crippen LogP contribution >= 0.6 is 22.7 Å². The van der Waals surface area contributed by atoms with Crippen LogP contribution in [0.1, 0.15) is 28.7 Å². The maximum absolute atomic E-state index is 11.9. The highest BCUT2D eigenvalue weighted by molar-refractivity contribution is 7.14. The van der Waals surface area contributed by atoms with Crippen LogP contribution in [0.2, 0.25) is 0 Å². The summed E-state index contributed by atoms with van der Waals surface area (Å²) >= 11 is 2.68. The summed E-state index contributed by atoms with van der Waals surface area (Å²) in [5, 5.41) is 9.63. The van der Waals surface area contributed by atoms with Crippen molar-refractivity contribution in [2.24, 2.45) is 5.73 Å². The van der Waals surface area contributed by atoms with E-state index in [-0.39, 0.29) is 24.3 Å². The van der Waals surface area contributed by atoms with E-state index in [4.69, 9.17) is 5.73 Å². The first-order chi connectivity index (χ1) is 10.5. The third-order valence-electron chi connectivity index (χ3n) is 2.78. The molecule has 6 nitrogen and oxygen atoms in total. The van der Waals surface area contributed by atoms with E-state index >= 15 is 0 Å². The Hall–Kier alpha value is -1.77. The molecule has 0 aromatic carbocycles. The lowest BCUT2D eigenvalue weighted by Crippen LogP contribution is -2.30. The predicted molar refractivity (Wildman–Crippen MR) is 89.4 cm³/mol. The SMILES string of the molecule is CC(N)CCNC(=O)Cc1csc(NC(=O)c2cccs2)n1. The van der Waals surface area contributed by atoms with Gasteiger partial charge in [-0.1, -0.05) is 6.07 Å². The van der Waals surface area contributed by atoms with Gasteiger partial charge in [0, 0.05) is 18.0 Å². The van der Waals surface area contributed by atoms with Gasteiger partial charge in [0.25, 0.3) is 5.91 Å². The molecule has 0 spiro atoms. The minimum atomic E-state index is -0.183. The molecule has 2 amide bonds. The number of hydrogen-bond acceptors (Lipinski definition) is 6. The van der Waals surface area contributed by atoms with Crippen molar-refractivity contribution >= 4 is 39.6 Å². The van der Waals surface area contributed by atoms with Gasteiger partial charge < -0.3 is 11.1 Å². The molecule has 2 heterocycles. The molecule has 8 heteroatoms. The Morgan fingerprint density at radius 2 is 2.23 bits per heavy atom. The Labute approximate surface area is 136 Å². The average molecular weight is 338 g/mol. The molecular formula is C14H18N4O2S2. The van der Waals surface area contributed by atoms with E-state index in [1.807, 2.05) is 18.4 Å². The topological polar surface area (TPSA) is 97.1 Å². The number of nitrogens with one attached hydrogen (secondary N) is 2. The van der Waals surface area contributed by atoms with Gasteiger partial charge in [0.15, 0.2) is 5.13 Å². The second kappa shape index (κ2) is 8.02. The zero-order valence-corrected chi connectivity index (χ0v) is 13.8. The fraction of sp³-hybridized carbons (Fsp3) is 0.357. The van der Waals surface area contributed by atoms with Gasteiger partial charge in [0.05, 0.1) is 17.0 Å². The maximum atomic E-state index is 11.9. The van der Waals surface area contributed by atoms with Crippen LogP contribution in [0.15, 0.2) is 22.9 Å². The van der Waals surface area contributed by atoms with Crippen molar-refractivity contribution in [1.82, 2.24) is 10.3 Å². The van der Waals surface area contributed by atoms with Crippen molar-refractivity contribution in [3.05, 3.63) is 33.5 Å². The second-order valence-corrected chi connectivity index (χ2v) is 6.67. The minimum absolute atomic E-state index is 0.0682. The first-order valence-electron chi connectivity index (χ1n) is 6.86. The third-order valence-corrected chi connectivity index (χ3v) is 4.46. The molecule has 118 valence electrons. The van der Waals surface area contributed by atoms with E-state index in [0.717, 1.165) is 6.42 Å². The van der Waals surface area contributed by atoms with E-state index < -0.39 is 0 Å². The summed E-state index contributed by atoms with van der Waals surface area (Å²) < 4.78 is 0. The molecule has 22 heavy (non-hydrogen) atoms. The highest BCUT2D eigenvalue weighted by atomic mass is 32.1. The molecule has 1 atom stereocenters. The Bertz CT molecular complexity index is 623. The van der Waals surface area contributed by atoms with Crippen molar-refractivity contribution < 1.29 is 9.59 Å². The lowest BCUT2D eigenvalue weighted by molar-refractivity contribution is -0.120. The molecule has 0 radical (unpaired) electrons. The summed E-state index contributed by atoms with van der Waals surface area (Å²) in [6.45, 7) is 2.46. The molecule has 0 saturated heterocycles. The number of thiazole rings is 1. The van der Waals surface area contributed by atoms with Gasteiger partial charge in [-0.15, -0.1) is 22.7 Å². The maximum Gasteiger partial charge on any atom is 0.267 e. The normalized spacial score (nSPS) is 11.9.